The van der Waals surface area contributed by atoms with E-state index in [1.165, 1.54) is 26.0 Å². The van der Waals surface area contributed by atoms with E-state index in [0.29, 0.717) is 0 Å². The van der Waals surface area contributed by atoms with E-state index in [1.54, 1.807) is 0 Å². The number of methoxy groups -OCH3 is 1. The summed E-state index contributed by atoms with van der Waals surface area (Å²) in [6.45, 7) is 2.36. The Morgan fingerprint density at radius 3 is 2.35 bits per heavy atom. The van der Waals surface area contributed by atoms with E-state index >= 15 is 0 Å². The van der Waals surface area contributed by atoms with Gasteiger partial charge in [0.1, 0.15) is 36.3 Å². The van der Waals surface area contributed by atoms with Crippen molar-refractivity contribution in [1.82, 2.24) is 0 Å². The fourth-order valence-electron chi connectivity index (χ4n) is 1.96. The molecule has 0 saturated heterocycles. The molecule has 1 aliphatic heterocycles. The maximum atomic E-state index is 11.5. The van der Waals surface area contributed by atoms with Gasteiger partial charge in [-0.2, -0.15) is 0 Å². The van der Waals surface area contributed by atoms with Crippen molar-refractivity contribution in [2.45, 2.75) is 32.2 Å². The van der Waals surface area contributed by atoms with Gasteiger partial charge in [-0.15, -0.1) is 0 Å². The van der Waals surface area contributed by atoms with Crippen molar-refractivity contribution in [3.8, 4) is 0 Å². The van der Waals surface area contributed by atoms with Gasteiger partial charge in [-0.3, -0.25) is 9.59 Å². The first-order valence-electron chi connectivity index (χ1n) is 6.10. The zero-order chi connectivity index (χ0) is 15.3. The molecule has 0 amide bonds. The number of hydrogen-bond donors (Lipinski definition) is 1. The van der Waals surface area contributed by atoms with Crippen LogP contribution in [0.5, 0.6) is 0 Å². The number of carbonyl (C=O) groups is 3. The summed E-state index contributed by atoms with van der Waals surface area (Å²) in [5.74, 6) is -1.58. The van der Waals surface area contributed by atoms with Gasteiger partial charge >= 0.3 is 6.16 Å². The Balaban J connectivity index is 2.73. The predicted molar refractivity (Wildman–Crippen MR) is 67.0 cm³/mol. The average molecular weight is 286 g/mol. The van der Waals surface area contributed by atoms with Crippen molar-refractivity contribution in [2.24, 2.45) is 5.92 Å². The lowest BCUT2D eigenvalue weighted by Crippen LogP contribution is -2.44. The zero-order valence-corrected chi connectivity index (χ0v) is 11.6. The third kappa shape index (κ3) is 4.14. The van der Waals surface area contributed by atoms with Gasteiger partial charge in [-0.25, -0.2) is 4.79 Å². The minimum absolute atomic E-state index is 0.239. The monoisotopic (exact) mass is 286 g/mol. The highest BCUT2D eigenvalue weighted by Gasteiger charge is 2.35. The van der Waals surface area contributed by atoms with Gasteiger partial charge in [0.25, 0.3) is 0 Å². The molecule has 7 nitrogen and oxygen atoms in total. The summed E-state index contributed by atoms with van der Waals surface area (Å²) in [6, 6.07) is 0. The molecule has 0 aliphatic carbocycles. The molecule has 112 valence electrons. The third-order valence-corrected chi connectivity index (χ3v) is 2.95. The molecule has 1 rings (SSSR count). The molecule has 0 radical (unpaired) electrons. The van der Waals surface area contributed by atoms with Crippen LogP contribution in [0.25, 0.3) is 0 Å². The third-order valence-electron chi connectivity index (χ3n) is 2.95. The van der Waals surface area contributed by atoms with Crippen molar-refractivity contribution in [2.75, 3.05) is 13.7 Å². The molecule has 7 heteroatoms. The van der Waals surface area contributed by atoms with E-state index in [9.17, 15) is 19.5 Å². The Kier molecular flexibility index (Phi) is 5.84. The molecule has 0 spiro atoms. The van der Waals surface area contributed by atoms with Gasteiger partial charge in [-0.05, 0) is 13.8 Å². The van der Waals surface area contributed by atoms with Crippen LogP contribution in [0.3, 0.4) is 0 Å². The molecule has 1 aliphatic rings. The Hall–Kier alpha value is -1.73. The molecule has 1 heterocycles. The van der Waals surface area contributed by atoms with Gasteiger partial charge in [0.15, 0.2) is 0 Å². The normalized spacial score (nSPS) is 25.4. The van der Waals surface area contributed by atoms with Crippen molar-refractivity contribution in [3.63, 3.8) is 0 Å². The van der Waals surface area contributed by atoms with Crippen molar-refractivity contribution >= 4 is 17.7 Å². The highest BCUT2D eigenvalue weighted by molar-refractivity contribution is 6.01. The van der Waals surface area contributed by atoms with Crippen LogP contribution in [0.1, 0.15) is 13.8 Å². The second-order valence-corrected chi connectivity index (χ2v) is 4.48. The fraction of sp³-hybridized carbons (Fsp3) is 0.615. The lowest BCUT2D eigenvalue weighted by Gasteiger charge is -2.31. The summed E-state index contributed by atoms with van der Waals surface area (Å²) < 4.78 is 14.5. The van der Waals surface area contributed by atoms with E-state index < -0.39 is 30.4 Å². The quantitative estimate of drug-likeness (QED) is 0.439. The summed E-state index contributed by atoms with van der Waals surface area (Å²) in [4.78, 5) is 33.9. The number of hydrogen-bond acceptors (Lipinski definition) is 7. The van der Waals surface area contributed by atoms with Crippen LogP contribution in [0.2, 0.25) is 0 Å². The van der Waals surface area contributed by atoms with E-state index in [2.05, 4.69) is 4.74 Å². The topological polar surface area (TPSA) is 99.1 Å². The van der Waals surface area contributed by atoms with Crippen LogP contribution in [0.15, 0.2) is 12.2 Å². The number of ether oxygens (including phenoxy) is 3. The minimum Gasteiger partial charge on any atom is -0.438 e. The highest BCUT2D eigenvalue weighted by Crippen LogP contribution is 2.21. The molecule has 0 aromatic rings. The summed E-state index contributed by atoms with van der Waals surface area (Å²) in [5, 5.41) is 9.72. The summed E-state index contributed by atoms with van der Waals surface area (Å²) in [7, 11) is 1.16. The first-order valence-corrected chi connectivity index (χ1v) is 6.10. The maximum absolute atomic E-state index is 11.5. The zero-order valence-electron chi connectivity index (χ0n) is 11.6. The second kappa shape index (κ2) is 7.16. The number of carbonyl (C=O) groups excluding carboxylic acids is 3. The van der Waals surface area contributed by atoms with E-state index in [-0.39, 0.29) is 18.2 Å². The summed E-state index contributed by atoms with van der Waals surface area (Å²) >= 11 is 0. The average Bonchev–Trinajstić information content (AvgIpc) is 2.37. The van der Waals surface area contributed by atoms with Crippen LogP contribution in [-0.4, -0.2) is 54.9 Å². The van der Waals surface area contributed by atoms with E-state index in [1.807, 2.05) is 0 Å². The van der Waals surface area contributed by atoms with E-state index in [0.717, 1.165) is 7.11 Å². The van der Waals surface area contributed by atoms with Crippen LogP contribution >= 0.6 is 0 Å². The molecule has 0 unspecified atom stereocenters. The molecule has 0 bridgehead atoms. The standard InChI is InChI=1S/C13H18O7/c1-7(14)12(8(2)15)10-5-4-9(16)11(20-10)6-19-13(17)18-3/h4-5,9-12,16H,6H2,1-3H3/t9-,10+,11+/m0/s1. The van der Waals surface area contributed by atoms with Crippen molar-refractivity contribution in [3.05, 3.63) is 12.2 Å². The van der Waals surface area contributed by atoms with Crippen molar-refractivity contribution in [1.29, 1.82) is 0 Å². The van der Waals surface area contributed by atoms with Gasteiger partial charge in [0.05, 0.1) is 13.2 Å². The Bertz CT molecular complexity index is 401. The largest absolute Gasteiger partial charge is 0.508 e. The molecule has 0 fully saturated rings. The van der Waals surface area contributed by atoms with Gasteiger partial charge < -0.3 is 19.3 Å². The molecular formula is C13H18O7. The number of ketones is 2. The van der Waals surface area contributed by atoms with Crippen LogP contribution in [0.4, 0.5) is 4.79 Å². The first kappa shape index (κ1) is 16.3. The van der Waals surface area contributed by atoms with Gasteiger partial charge in [0.2, 0.25) is 0 Å². The SMILES string of the molecule is COC(=O)OC[C@H]1O[C@@H](C(C(C)=O)C(C)=O)C=C[C@@H]1O. The molecule has 0 aromatic heterocycles. The highest BCUT2D eigenvalue weighted by atomic mass is 16.7. The molecule has 1 N–H and O–H groups in total. The number of aliphatic hydroxyl groups excluding tert-OH is 1. The first-order chi connectivity index (χ1) is 9.36. The summed E-state index contributed by atoms with van der Waals surface area (Å²) in [5.41, 5.74) is 0. The smallest absolute Gasteiger partial charge is 0.438 e. The number of rotatable bonds is 5. The number of aliphatic hydroxyl groups is 1. The maximum Gasteiger partial charge on any atom is 0.508 e. The van der Waals surface area contributed by atoms with Gasteiger partial charge in [0, 0.05) is 0 Å². The van der Waals surface area contributed by atoms with Crippen LogP contribution in [-0.2, 0) is 23.8 Å². The molecule has 20 heavy (non-hydrogen) atoms. The van der Waals surface area contributed by atoms with Crippen LogP contribution < -0.4 is 0 Å². The Morgan fingerprint density at radius 2 is 1.85 bits per heavy atom. The Labute approximate surface area is 116 Å². The van der Waals surface area contributed by atoms with Crippen molar-refractivity contribution < 1.29 is 33.7 Å². The predicted octanol–water partition coefficient (Wildman–Crippen LogP) is 0.248. The van der Waals surface area contributed by atoms with Gasteiger partial charge in [-0.1, -0.05) is 12.2 Å². The minimum atomic E-state index is -0.990. The second-order valence-electron chi connectivity index (χ2n) is 4.48. The Morgan fingerprint density at radius 1 is 1.25 bits per heavy atom. The molecule has 0 aromatic carbocycles. The number of Topliss-reactive ketones (excluding diaryl/α,β-unsaturated/α-hetero) is 2. The molecule has 0 saturated carbocycles. The summed E-state index contributed by atoms with van der Waals surface area (Å²) in [6.07, 6.45) is -0.646. The van der Waals surface area contributed by atoms with E-state index in [4.69, 9.17) is 9.47 Å². The molecular weight excluding hydrogens is 268 g/mol. The lowest BCUT2D eigenvalue weighted by molar-refractivity contribution is -0.144. The lowest BCUT2D eigenvalue weighted by atomic mass is 9.91. The van der Waals surface area contributed by atoms with Crippen LogP contribution in [0, 0.1) is 5.92 Å². The fourth-order valence-corrected chi connectivity index (χ4v) is 1.96. The molecule has 3 atom stereocenters.